The highest BCUT2D eigenvalue weighted by molar-refractivity contribution is 5.99. The fourth-order valence-corrected chi connectivity index (χ4v) is 2.58. The number of urea groups is 1. The number of aromatic nitrogens is 1. The fourth-order valence-electron chi connectivity index (χ4n) is 2.58. The fraction of sp³-hybridized carbons (Fsp3) is 0.250. The van der Waals surface area contributed by atoms with Crippen molar-refractivity contribution in [3.8, 4) is 0 Å². The van der Waals surface area contributed by atoms with Gasteiger partial charge in [0.1, 0.15) is 5.82 Å². The van der Waals surface area contributed by atoms with E-state index in [0.29, 0.717) is 11.4 Å². The molecule has 3 rings (SSSR count). The summed E-state index contributed by atoms with van der Waals surface area (Å²) in [7, 11) is 0. The molecule has 0 spiro atoms. The number of nitro benzene ring substituents is 1. The molecule has 1 aliphatic rings. The zero-order valence-corrected chi connectivity index (χ0v) is 12.9. The Kier molecular flexibility index (Phi) is 4.55. The van der Waals surface area contributed by atoms with E-state index in [9.17, 15) is 14.9 Å². The van der Waals surface area contributed by atoms with E-state index >= 15 is 0 Å². The number of rotatable bonds is 4. The number of pyridine rings is 1. The van der Waals surface area contributed by atoms with Crippen molar-refractivity contribution >= 4 is 28.9 Å². The average Bonchev–Trinajstić information content (AvgIpc) is 3.10. The van der Waals surface area contributed by atoms with Crippen LogP contribution in [0.5, 0.6) is 0 Å². The highest BCUT2D eigenvalue weighted by Crippen LogP contribution is 2.20. The highest BCUT2D eigenvalue weighted by atomic mass is 16.6. The van der Waals surface area contributed by atoms with E-state index in [1.807, 2.05) is 6.07 Å². The van der Waals surface area contributed by atoms with Crippen LogP contribution in [0.1, 0.15) is 12.8 Å². The van der Waals surface area contributed by atoms with Gasteiger partial charge in [0.15, 0.2) is 0 Å². The summed E-state index contributed by atoms with van der Waals surface area (Å²) in [6, 6.07) is 8.94. The lowest BCUT2D eigenvalue weighted by atomic mass is 10.3. The second-order valence-corrected chi connectivity index (χ2v) is 5.49. The van der Waals surface area contributed by atoms with Gasteiger partial charge in [-0.05, 0) is 31.0 Å². The number of amides is 2. The lowest BCUT2D eigenvalue weighted by molar-refractivity contribution is -0.384. The molecule has 1 aliphatic heterocycles. The minimum atomic E-state index is -0.510. The summed E-state index contributed by atoms with van der Waals surface area (Å²) in [5.74, 6) is 0.900. The third-order valence-electron chi connectivity index (χ3n) is 3.75. The summed E-state index contributed by atoms with van der Waals surface area (Å²) in [6.45, 7) is 2.01. The van der Waals surface area contributed by atoms with Gasteiger partial charge in [0.05, 0.1) is 16.8 Å². The van der Waals surface area contributed by atoms with Crippen LogP contribution in [-0.4, -0.2) is 29.0 Å². The number of anilines is 3. The number of nitro groups is 1. The Morgan fingerprint density at radius 1 is 1.12 bits per heavy atom. The second kappa shape index (κ2) is 6.95. The van der Waals surface area contributed by atoms with Crippen LogP contribution in [0.2, 0.25) is 0 Å². The SMILES string of the molecule is O=C(Nc1ccc(N2CCCC2)nc1)Nc1cccc([N+](=O)[O-])c1. The molecule has 1 saturated heterocycles. The first-order valence-electron chi connectivity index (χ1n) is 7.65. The van der Waals surface area contributed by atoms with Crippen LogP contribution < -0.4 is 15.5 Å². The molecule has 1 fully saturated rings. The lowest BCUT2D eigenvalue weighted by Gasteiger charge is -2.16. The van der Waals surface area contributed by atoms with Gasteiger partial charge in [-0.25, -0.2) is 9.78 Å². The number of nitrogens with zero attached hydrogens (tertiary/aromatic N) is 3. The van der Waals surface area contributed by atoms with Gasteiger partial charge in [-0.3, -0.25) is 10.1 Å². The monoisotopic (exact) mass is 327 g/mol. The maximum Gasteiger partial charge on any atom is 0.323 e. The van der Waals surface area contributed by atoms with Crippen molar-refractivity contribution in [3.05, 3.63) is 52.7 Å². The molecule has 0 bridgehead atoms. The molecular weight excluding hydrogens is 310 g/mol. The van der Waals surface area contributed by atoms with Crippen molar-refractivity contribution in [2.45, 2.75) is 12.8 Å². The molecule has 8 heteroatoms. The highest BCUT2D eigenvalue weighted by Gasteiger charge is 2.13. The first-order valence-corrected chi connectivity index (χ1v) is 7.65. The molecule has 124 valence electrons. The van der Waals surface area contributed by atoms with Crippen molar-refractivity contribution in [2.75, 3.05) is 28.6 Å². The van der Waals surface area contributed by atoms with E-state index in [2.05, 4.69) is 20.5 Å². The van der Waals surface area contributed by atoms with Crippen LogP contribution in [-0.2, 0) is 0 Å². The molecule has 1 aromatic heterocycles. The molecule has 24 heavy (non-hydrogen) atoms. The van der Waals surface area contributed by atoms with Crippen LogP contribution in [0.3, 0.4) is 0 Å². The van der Waals surface area contributed by atoms with Gasteiger partial charge in [0.2, 0.25) is 0 Å². The first-order chi connectivity index (χ1) is 11.6. The third kappa shape index (κ3) is 3.78. The topological polar surface area (TPSA) is 100 Å². The van der Waals surface area contributed by atoms with Gasteiger partial charge in [-0.2, -0.15) is 0 Å². The molecule has 0 unspecified atom stereocenters. The van der Waals surface area contributed by atoms with Crippen LogP contribution in [0.15, 0.2) is 42.6 Å². The van der Waals surface area contributed by atoms with Gasteiger partial charge < -0.3 is 15.5 Å². The van der Waals surface area contributed by atoms with E-state index in [1.165, 1.54) is 31.0 Å². The smallest absolute Gasteiger partial charge is 0.323 e. The predicted molar refractivity (Wildman–Crippen MR) is 91.4 cm³/mol. The largest absolute Gasteiger partial charge is 0.357 e. The Labute approximate surface area is 138 Å². The van der Waals surface area contributed by atoms with Crippen molar-refractivity contribution in [1.29, 1.82) is 0 Å². The normalized spacial score (nSPS) is 13.6. The standard InChI is InChI=1S/C16H17N5O3/c22-16(18-12-4-3-5-14(10-12)21(23)24)19-13-6-7-15(17-11-13)20-8-1-2-9-20/h3-7,10-11H,1-2,8-9H2,(H2,18,19,22). The van der Waals surface area contributed by atoms with Crippen LogP contribution in [0.25, 0.3) is 0 Å². The predicted octanol–water partition coefficient (Wildman–Crippen LogP) is 3.23. The summed E-state index contributed by atoms with van der Waals surface area (Å²) < 4.78 is 0. The molecule has 2 amide bonds. The van der Waals surface area contributed by atoms with Crippen molar-refractivity contribution in [3.63, 3.8) is 0 Å². The van der Waals surface area contributed by atoms with Crippen molar-refractivity contribution in [2.24, 2.45) is 0 Å². The Balaban J connectivity index is 1.60. The Hall–Kier alpha value is -3.16. The van der Waals surface area contributed by atoms with E-state index < -0.39 is 11.0 Å². The summed E-state index contributed by atoms with van der Waals surface area (Å²) >= 11 is 0. The number of carbonyl (C=O) groups is 1. The van der Waals surface area contributed by atoms with Crippen LogP contribution in [0.4, 0.5) is 27.7 Å². The maximum absolute atomic E-state index is 12.0. The lowest BCUT2D eigenvalue weighted by Crippen LogP contribution is -2.21. The first kappa shape index (κ1) is 15.7. The maximum atomic E-state index is 12.0. The van der Waals surface area contributed by atoms with Crippen LogP contribution >= 0.6 is 0 Å². The number of benzene rings is 1. The summed E-state index contributed by atoms with van der Waals surface area (Å²) in [4.78, 5) is 28.8. The van der Waals surface area contributed by atoms with Gasteiger partial charge in [0.25, 0.3) is 5.69 Å². The second-order valence-electron chi connectivity index (χ2n) is 5.49. The van der Waals surface area contributed by atoms with Gasteiger partial charge >= 0.3 is 6.03 Å². The summed E-state index contributed by atoms with van der Waals surface area (Å²) in [5.41, 5.74) is 0.827. The van der Waals surface area contributed by atoms with E-state index in [0.717, 1.165) is 18.9 Å². The molecular formula is C16H17N5O3. The van der Waals surface area contributed by atoms with E-state index in [4.69, 9.17) is 0 Å². The number of hydrogen-bond acceptors (Lipinski definition) is 5. The van der Waals surface area contributed by atoms with Crippen molar-refractivity contribution in [1.82, 2.24) is 4.98 Å². The zero-order chi connectivity index (χ0) is 16.9. The van der Waals surface area contributed by atoms with Gasteiger partial charge in [-0.15, -0.1) is 0 Å². The molecule has 1 aromatic carbocycles. The minimum Gasteiger partial charge on any atom is -0.357 e. The molecule has 0 radical (unpaired) electrons. The number of non-ortho nitro benzene ring substituents is 1. The third-order valence-corrected chi connectivity index (χ3v) is 3.75. The average molecular weight is 327 g/mol. The van der Waals surface area contributed by atoms with E-state index in [-0.39, 0.29) is 5.69 Å². The van der Waals surface area contributed by atoms with E-state index in [1.54, 1.807) is 18.3 Å². The quantitative estimate of drug-likeness (QED) is 0.663. The molecule has 8 nitrogen and oxygen atoms in total. The molecule has 2 aromatic rings. The number of carbonyl (C=O) groups excluding carboxylic acids is 1. The van der Waals surface area contributed by atoms with Crippen molar-refractivity contribution < 1.29 is 9.72 Å². The molecule has 0 atom stereocenters. The minimum absolute atomic E-state index is 0.0792. The molecule has 2 N–H and O–H groups in total. The molecule has 2 heterocycles. The molecule has 0 aliphatic carbocycles. The van der Waals surface area contributed by atoms with Crippen LogP contribution in [0, 0.1) is 10.1 Å². The van der Waals surface area contributed by atoms with Gasteiger partial charge in [-0.1, -0.05) is 6.07 Å². The number of hydrogen-bond donors (Lipinski definition) is 2. The van der Waals surface area contributed by atoms with Gasteiger partial charge in [0, 0.05) is 30.9 Å². The number of nitrogens with one attached hydrogen (secondary N) is 2. The Morgan fingerprint density at radius 2 is 1.88 bits per heavy atom. The molecule has 0 saturated carbocycles. The Morgan fingerprint density at radius 3 is 2.54 bits per heavy atom. The zero-order valence-electron chi connectivity index (χ0n) is 12.9. The summed E-state index contributed by atoms with van der Waals surface area (Å²) in [6.07, 6.45) is 3.95. The Bertz CT molecular complexity index is 742. The summed E-state index contributed by atoms with van der Waals surface area (Å²) in [5, 5.41) is 16.0.